The molecule has 0 bridgehead atoms. The molecule has 1 aromatic heterocycles. The Labute approximate surface area is 134 Å². The number of halogens is 3. The van der Waals surface area contributed by atoms with Crippen LogP contribution in [0, 0.1) is 5.82 Å². The van der Waals surface area contributed by atoms with Crippen molar-refractivity contribution < 1.29 is 12.8 Å². The van der Waals surface area contributed by atoms with E-state index in [4.69, 9.17) is 11.6 Å². The monoisotopic (exact) mass is 397 g/mol. The van der Waals surface area contributed by atoms with Crippen molar-refractivity contribution in [1.82, 2.24) is 0 Å². The summed E-state index contributed by atoms with van der Waals surface area (Å²) in [4.78, 5) is 0. The van der Waals surface area contributed by atoms with E-state index in [1.807, 2.05) is 0 Å². The van der Waals surface area contributed by atoms with Crippen molar-refractivity contribution in [3.63, 3.8) is 0 Å². The van der Waals surface area contributed by atoms with Crippen molar-refractivity contribution in [1.29, 1.82) is 0 Å². The van der Waals surface area contributed by atoms with Gasteiger partial charge in [0, 0.05) is 6.54 Å². The first kappa shape index (κ1) is 15.8. The Hall–Kier alpha value is -0.630. The molecule has 8 heteroatoms. The van der Waals surface area contributed by atoms with Crippen LogP contribution in [0.2, 0.25) is 5.02 Å². The molecule has 0 radical (unpaired) electrons. The zero-order chi connectivity index (χ0) is 14.9. The van der Waals surface area contributed by atoms with Crippen LogP contribution in [0.5, 0.6) is 0 Å². The minimum Gasteiger partial charge on any atom is -0.266 e. The highest BCUT2D eigenvalue weighted by Crippen LogP contribution is 2.37. The Morgan fingerprint density at radius 1 is 1.35 bits per heavy atom. The van der Waals surface area contributed by atoms with Crippen molar-refractivity contribution in [3.05, 3.63) is 45.0 Å². The van der Waals surface area contributed by atoms with Crippen LogP contribution in [0.3, 0.4) is 0 Å². The minimum absolute atomic E-state index is 0.139. The van der Waals surface area contributed by atoms with Gasteiger partial charge in [0.15, 0.2) is 0 Å². The molecule has 1 heterocycles. The van der Waals surface area contributed by atoms with E-state index in [1.165, 1.54) is 34.6 Å². The highest BCUT2D eigenvalue weighted by Gasteiger charge is 2.26. The van der Waals surface area contributed by atoms with Crippen LogP contribution >= 0.6 is 38.9 Å². The summed E-state index contributed by atoms with van der Waals surface area (Å²) in [6.07, 6.45) is 0. The van der Waals surface area contributed by atoms with Crippen LogP contribution in [0.25, 0.3) is 0 Å². The first-order valence-electron chi connectivity index (χ1n) is 5.59. The summed E-state index contributed by atoms with van der Waals surface area (Å²) >= 11 is 10.1. The zero-order valence-electron chi connectivity index (χ0n) is 10.3. The summed E-state index contributed by atoms with van der Waals surface area (Å²) in [6, 6.07) is 6.72. The van der Waals surface area contributed by atoms with Crippen molar-refractivity contribution in [2.75, 3.05) is 10.8 Å². The van der Waals surface area contributed by atoms with Gasteiger partial charge in [-0.3, -0.25) is 4.31 Å². The maximum Gasteiger partial charge on any atom is 0.273 e. The maximum atomic E-state index is 12.9. The summed E-state index contributed by atoms with van der Waals surface area (Å²) < 4.78 is 40.0. The third-order valence-electron chi connectivity index (χ3n) is 2.57. The van der Waals surface area contributed by atoms with E-state index in [-0.39, 0.29) is 10.8 Å². The summed E-state index contributed by atoms with van der Waals surface area (Å²) in [5.74, 6) is -0.413. The Bertz CT molecular complexity index is 696. The topological polar surface area (TPSA) is 37.4 Å². The lowest BCUT2D eigenvalue weighted by Gasteiger charge is -2.21. The quantitative estimate of drug-likeness (QED) is 0.759. The predicted molar refractivity (Wildman–Crippen MR) is 83.6 cm³/mol. The first-order valence-corrected chi connectivity index (χ1v) is 9.02. The van der Waals surface area contributed by atoms with Crippen molar-refractivity contribution in [3.8, 4) is 0 Å². The molecule has 1 aromatic carbocycles. The van der Waals surface area contributed by atoms with Gasteiger partial charge in [0.1, 0.15) is 10.0 Å². The van der Waals surface area contributed by atoms with Gasteiger partial charge in [-0.25, -0.2) is 12.8 Å². The van der Waals surface area contributed by atoms with Crippen LogP contribution in [-0.2, 0) is 10.0 Å². The van der Waals surface area contributed by atoms with Crippen LogP contribution in [0.1, 0.15) is 6.92 Å². The Morgan fingerprint density at radius 3 is 2.40 bits per heavy atom. The molecule has 0 atom stereocenters. The number of nitrogens with zero attached hydrogens (tertiary/aromatic N) is 1. The molecular weight excluding hydrogens is 389 g/mol. The molecule has 2 aromatic rings. The molecule has 0 spiro atoms. The van der Waals surface area contributed by atoms with E-state index in [0.717, 1.165) is 11.3 Å². The van der Waals surface area contributed by atoms with Gasteiger partial charge >= 0.3 is 0 Å². The van der Waals surface area contributed by atoms with Gasteiger partial charge < -0.3 is 0 Å². The van der Waals surface area contributed by atoms with Crippen LogP contribution < -0.4 is 4.31 Å². The summed E-state index contributed by atoms with van der Waals surface area (Å²) in [5.41, 5.74) is 0.412. The highest BCUT2D eigenvalue weighted by atomic mass is 79.9. The molecule has 2 rings (SSSR count). The number of rotatable bonds is 4. The molecular formula is C12H10BrClFNO2S2. The first-order chi connectivity index (χ1) is 9.36. The van der Waals surface area contributed by atoms with Crippen molar-refractivity contribution >= 4 is 54.6 Å². The molecule has 0 unspecified atom stereocenters. The minimum atomic E-state index is -3.70. The number of hydrogen-bond donors (Lipinski definition) is 0. The maximum absolute atomic E-state index is 12.9. The average Bonchev–Trinajstić information content (AvgIpc) is 2.73. The molecule has 0 aliphatic carbocycles. The number of anilines is 1. The molecule has 3 nitrogen and oxygen atoms in total. The largest absolute Gasteiger partial charge is 0.273 e. The average molecular weight is 399 g/mol. The molecule has 0 fully saturated rings. The van der Waals surface area contributed by atoms with Crippen LogP contribution in [0.15, 0.2) is 38.3 Å². The zero-order valence-corrected chi connectivity index (χ0v) is 14.3. The van der Waals surface area contributed by atoms with Crippen LogP contribution in [-0.4, -0.2) is 15.0 Å². The second-order valence-electron chi connectivity index (χ2n) is 3.83. The Kier molecular flexibility index (Phi) is 4.73. The molecule has 0 aliphatic heterocycles. The normalized spacial score (nSPS) is 11.6. The van der Waals surface area contributed by atoms with E-state index < -0.39 is 15.8 Å². The molecule has 0 saturated carbocycles. The van der Waals surface area contributed by atoms with E-state index in [1.54, 1.807) is 6.92 Å². The third-order valence-corrected chi connectivity index (χ3v) is 7.40. The third kappa shape index (κ3) is 3.00. The van der Waals surface area contributed by atoms with E-state index >= 15 is 0 Å². The fraction of sp³-hybridized carbons (Fsp3) is 0.167. The standard InChI is InChI=1S/C12H10BrClFNO2S2/c1-2-16(9-5-3-8(15)4-6-9)20(17,18)11-7-10(14)12(13)19-11/h3-7H,2H2,1H3. The predicted octanol–water partition coefficient (Wildman–Crippen LogP) is 4.52. The van der Waals surface area contributed by atoms with Gasteiger partial charge in [-0.15, -0.1) is 11.3 Å². The van der Waals surface area contributed by atoms with Gasteiger partial charge in [0.25, 0.3) is 10.0 Å². The van der Waals surface area contributed by atoms with Gasteiger partial charge in [0.05, 0.1) is 14.5 Å². The highest BCUT2D eigenvalue weighted by molar-refractivity contribution is 9.11. The lowest BCUT2D eigenvalue weighted by atomic mass is 10.3. The molecule has 108 valence electrons. The fourth-order valence-corrected chi connectivity index (χ4v) is 5.65. The fourth-order valence-electron chi connectivity index (χ4n) is 1.66. The molecule has 0 aliphatic rings. The summed E-state index contributed by atoms with van der Waals surface area (Å²) in [6.45, 7) is 1.95. The second-order valence-corrected chi connectivity index (χ2v) is 8.70. The van der Waals surface area contributed by atoms with Gasteiger partial charge in [-0.2, -0.15) is 0 Å². The second kappa shape index (κ2) is 6.01. The van der Waals surface area contributed by atoms with Crippen molar-refractivity contribution in [2.45, 2.75) is 11.1 Å². The lowest BCUT2D eigenvalue weighted by molar-refractivity contribution is 0.593. The number of thiophene rings is 1. The SMILES string of the molecule is CCN(c1ccc(F)cc1)S(=O)(=O)c1cc(Cl)c(Br)s1. The Balaban J connectivity index is 2.47. The Morgan fingerprint density at radius 2 is 1.95 bits per heavy atom. The van der Waals surface area contributed by atoms with Gasteiger partial charge in [0.2, 0.25) is 0 Å². The van der Waals surface area contributed by atoms with E-state index in [0.29, 0.717) is 14.5 Å². The van der Waals surface area contributed by atoms with E-state index in [2.05, 4.69) is 15.9 Å². The lowest BCUT2D eigenvalue weighted by Crippen LogP contribution is -2.30. The van der Waals surface area contributed by atoms with Crippen molar-refractivity contribution in [2.24, 2.45) is 0 Å². The number of benzene rings is 1. The number of sulfonamides is 1. The number of hydrogen-bond acceptors (Lipinski definition) is 3. The van der Waals surface area contributed by atoms with Gasteiger partial charge in [-0.1, -0.05) is 11.6 Å². The molecule has 0 saturated heterocycles. The smallest absolute Gasteiger partial charge is 0.266 e. The van der Waals surface area contributed by atoms with E-state index in [9.17, 15) is 12.8 Å². The van der Waals surface area contributed by atoms with Gasteiger partial charge in [-0.05, 0) is 53.2 Å². The molecule has 20 heavy (non-hydrogen) atoms. The summed E-state index contributed by atoms with van der Waals surface area (Å²) in [7, 11) is -3.70. The molecule has 0 amide bonds. The van der Waals surface area contributed by atoms with Crippen LogP contribution in [0.4, 0.5) is 10.1 Å². The summed E-state index contributed by atoms with van der Waals surface area (Å²) in [5, 5.41) is 0.351. The molecule has 0 N–H and O–H groups in total.